The van der Waals surface area contributed by atoms with Crippen LogP contribution in [0.5, 0.6) is 0 Å². The molecule has 0 aromatic heterocycles. The van der Waals surface area contributed by atoms with Gasteiger partial charge in [-0.1, -0.05) is 46.0 Å². The van der Waals surface area contributed by atoms with E-state index in [2.05, 4.69) is 6.92 Å². The molecule has 0 fully saturated rings. The van der Waals surface area contributed by atoms with E-state index in [1.54, 1.807) is 0 Å². The van der Waals surface area contributed by atoms with Gasteiger partial charge < -0.3 is 9.66 Å². The third-order valence-electron chi connectivity index (χ3n) is 3.57. The molecule has 0 spiro atoms. The first-order valence-corrected chi connectivity index (χ1v) is 9.01. The molecule has 2 unspecified atom stereocenters. The number of aliphatic hydroxyl groups excluding tert-OH is 1. The van der Waals surface area contributed by atoms with Crippen LogP contribution in [0.1, 0.15) is 78.1 Å². The third kappa shape index (κ3) is 13.2. The Kier molecular flexibility index (Phi) is 16.8. The van der Waals surface area contributed by atoms with Crippen LogP contribution in [0.15, 0.2) is 0 Å². The Morgan fingerprint density at radius 1 is 0.950 bits per heavy atom. The van der Waals surface area contributed by atoms with Crippen LogP contribution in [-0.4, -0.2) is 29.4 Å². The van der Waals surface area contributed by atoms with Gasteiger partial charge in [0.1, 0.15) is 0 Å². The standard InChI is InChI=1S/C14H30O4S.K/c1-3-5-6-7-8-11-14(19(16,17)18)12-9-10-13(15)4-2;/h13-15H,3-12H2,1-2H3,(H,16,17,18);/q;+1/p-1. The van der Waals surface area contributed by atoms with Crippen LogP contribution in [-0.2, 0) is 10.1 Å². The Morgan fingerprint density at radius 2 is 1.50 bits per heavy atom. The average Bonchev–Trinajstić information content (AvgIpc) is 2.34. The van der Waals surface area contributed by atoms with E-state index in [1.165, 1.54) is 0 Å². The van der Waals surface area contributed by atoms with Gasteiger partial charge in [-0.2, -0.15) is 0 Å². The van der Waals surface area contributed by atoms with Crippen molar-refractivity contribution in [2.24, 2.45) is 0 Å². The average molecular weight is 333 g/mol. The van der Waals surface area contributed by atoms with Crippen LogP contribution in [0.25, 0.3) is 0 Å². The molecule has 0 rings (SSSR count). The van der Waals surface area contributed by atoms with E-state index in [0.717, 1.165) is 32.1 Å². The minimum Gasteiger partial charge on any atom is -0.748 e. The number of hydrogen-bond donors (Lipinski definition) is 1. The maximum Gasteiger partial charge on any atom is 1.00 e. The number of unbranched alkanes of at least 4 members (excludes halogenated alkanes) is 4. The summed E-state index contributed by atoms with van der Waals surface area (Å²) in [6, 6.07) is 0. The summed E-state index contributed by atoms with van der Waals surface area (Å²) in [4.78, 5) is 0. The predicted molar refractivity (Wildman–Crippen MR) is 77.0 cm³/mol. The van der Waals surface area contributed by atoms with E-state index >= 15 is 0 Å². The van der Waals surface area contributed by atoms with Crippen LogP contribution < -0.4 is 51.4 Å². The first kappa shape index (κ1) is 23.8. The fraction of sp³-hybridized carbons (Fsp3) is 1.00. The summed E-state index contributed by atoms with van der Waals surface area (Å²) in [6.07, 6.45) is 7.57. The second-order valence-electron chi connectivity index (χ2n) is 5.31. The quantitative estimate of drug-likeness (QED) is 0.315. The van der Waals surface area contributed by atoms with Crippen LogP contribution in [0.3, 0.4) is 0 Å². The third-order valence-corrected chi connectivity index (χ3v) is 4.86. The molecule has 0 aromatic rings. The Labute approximate surface area is 167 Å². The molecule has 116 valence electrons. The van der Waals surface area contributed by atoms with Crippen molar-refractivity contribution in [1.29, 1.82) is 0 Å². The summed E-state index contributed by atoms with van der Waals surface area (Å²) in [5, 5.41) is 8.65. The maximum absolute atomic E-state index is 11.2. The second-order valence-corrected chi connectivity index (χ2v) is 6.96. The molecule has 0 bridgehead atoms. The van der Waals surface area contributed by atoms with E-state index in [1.807, 2.05) is 6.92 Å². The molecule has 1 N–H and O–H groups in total. The fourth-order valence-corrected chi connectivity index (χ4v) is 3.10. The first-order valence-electron chi connectivity index (χ1n) is 7.54. The molecule has 0 saturated carbocycles. The largest absolute Gasteiger partial charge is 1.00 e. The van der Waals surface area contributed by atoms with Gasteiger partial charge in [0.25, 0.3) is 0 Å². The normalized spacial score (nSPS) is 14.6. The van der Waals surface area contributed by atoms with Crippen LogP contribution in [0.4, 0.5) is 0 Å². The zero-order chi connectivity index (χ0) is 14.7. The van der Waals surface area contributed by atoms with Gasteiger partial charge in [-0.15, -0.1) is 0 Å². The van der Waals surface area contributed by atoms with Crippen molar-refractivity contribution >= 4 is 10.1 Å². The van der Waals surface area contributed by atoms with Gasteiger partial charge in [-0.05, 0) is 32.1 Å². The number of hydrogen-bond acceptors (Lipinski definition) is 4. The Hall–Kier alpha value is 1.51. The first-order chi connectivity index (χ1) is 8.91. The van der Waals surface area contributed by atoms with Crippen molar-refractivity contribution in [3.05, 3.63) is 0 Å². The van der Waals surface area contributed by atoms with E-state index in [-0.39, 0.29) is 57.5 Å². The molecule has 2 atom stereocenters. The molecule has 20 heavy (non-hydrogen) atoms. The predicted octanol–water partition coefficient (Wildman–Crippen LogP) is 0.206. The minimum atomic E-state index is -4.19. The Balaban J connectivity index is 0. The summed E-state index contributed by atoms with van der Waals surface area (Å²) in [5.41, 5.74) is 0. The summed E-state index contributed by atoms with van der Waals surface area (Å²) in [7, 11) is -4.19. The molecule has 0 aliphatic rings. The molecule has 0 aromatic carbocycles. The number of rotatable bonds is 12. The molecular formula is C14H29KO4S. The molecule has 0 aliphatic heterocycles. The van der Waals surface area contributed by atoms with Crippen LogP contribution in [0.2, 0.25) is 0 Å². The molecular weight excluding hydrogens is 303 g/mol. The zero-order valence-electron chi connectivity index (χ0n) is 13.3. The maximum atomic E-state index is 11.2. The van der Waals surface area contributed by atoms with Crippen LogP contribution in [0, 0.1) is 0 Å². The van der Waals surface area contributed by atoms with Gasteiger partial charge >= 0.3 is 51.4 Å². The number of aliphatic hydroxyl groups is 1. The van der Waals surface area contributed by atoms with E-state index in [9.17, 15) is 18.1 Å². The molecule has 0 radical (unpaired) electrons. The van der Waals surface area contributed by atoms with Gasteiger partial charge in [0.15, 0.2) is 0 Å². The van der Waals surface area contributed by atoms with Gasteiger partial charge in [0.2, 0.25) is 0 Å². The Morgan fingerprint density at radius 3 is 2.00 bits per heavy atom. The van der Waals surface area contributed by atoms with Crippen molar-refractivity contribution in [1.82, 2.24) is 0 Å². The van der Waals surface area contributed by atoms with Gasteiger partial charge in [0, 0.05) is 5.25 Å². The SMILES string of the molecule is CCCCCCCC(CCCC(O)CC)S(=O)(=O)[O-].[K+]. The van der Waals surface area contributed by atoms with E-state index < -0.39 is 15.4 Å². The molecule has 0 aliphatic carbocycles. The summed E-state index contributed by atoms with van der Waals surface area (Å²) < 4.78 is 33.5. The summed E-state index contributed by atoms with van der Waals surface area (Å²) in [5.74, 6) is 0. The molecule has 6 heteroatoms. The summed E-state index contributed by atoms with van der Waals surface area (Å²) in [6.45, 7) is 4.02. The van der Waals surface area contributed by atoms with E-state index in [0.29, 0.717) is 32.1 Å². The van der Waals surface area contributed by atoms with Crippen molar-refractivity contribution in [2.75, 3.05) is 0 Å². The molecule has 0 saturated heterocycles. The van der Waals surface area contributed by atoms with Gasteiger partial charge in [-0.3, -0.25) is 0 Å². The van der Waals surface area contributed by atoms with Crippen molar-refractivity contribution < 1.29 is 69.5 Å². The van der Waals surface area contributed by atoms with Gasteiger partial charge in [-0.25, -0.2) is 8.42 Å². The molecule has 4 nitrogen and oxygen atoms in total. The minimum absolute atomic E-state index is 0. The van der Waals surface area contributed by atoms with Crippen molar-refractivity contribution in [2.45, 2.75) is 89.4 Å². The van der Waals surface area contributed by atoms with Crippen molar-refractivity contribution in [3.8, 4) is 0 Å². The zero-order valence-corrected chi connectivity index (χ0v) is 17.2. The van der Waals surface area contributed by atoms with Crippen molar-refractivity contribution in [3.63, 3.8) is 0 Å². The molecule has 0 heterocycles. The Bertz CT molecular complexity index is 306. The van der Waals surface area contributed by atoms with Gasteiger partial charge in [0.05, 0.1) is 16.2 Å². The smallest absolute Gasteiger partial charge is 0.748 e. The van der Waals surface area contributed by atoms with Crippen LogP contribution >= 0.6 is 0 Å². The summed E-state index contributed by atoms with van der Waals surface area (Å²) >= 11 is 0. The topological polar surface area (TPSA) is 77.4 Å². The fourth-order valence-electron chi connectivity index (χ4n) is 2.19. The van der Waals surface area contributed by atoms with E-state index in [4.69, 9.17) is 0 Å². The second kappa shape index (κ2) is 14.1. The molecule has 0 amide bonds. The monoisotopic (exact) mass is 332 g/mol.